The zero-order valence-corrected chi connectivity index (χ0v) is 9.79. The van der Waals surface area contributed by atoms with Gasteiger partial charge in [-0.3, -0.25) is 9.78 Å². The third-order valence-electron chi connectivity index (χ3n) is 2.51. The van der Waals surface area contributed by atoms with Gasteiger partial charge in [0.2, 0.25) is 0 Å². The summed E-state index contributed by atoms with van der Waals surface area (Å²) < 4.78 is 0. The minimum atomic E-state index is 0.215. The Morgan fingerprint density at radius 1 is 1.47 bits per heavy atom. The summed E-state index contributed by atoms with van der Waals surface area (Å²) in [5.74, 6) is 0.690. The van der Waals surface area contributed by atoms with Gasteiger partial charge < -0.3 is 0 Å². The predicted octanol–water partition coefficient (Wildman–Crippen LogP) is 3.40. The van der Waals surface area contributed by atoms with Crippen LogP contribution >= 0.6 is 0 Å². The maximum absolute atomic E-state index is 11.8. The van der Waals surface area contributed by atoms with Crippen molar-refractivity contribution in [2.45, 2.75) is 40.0 Å². The Morgan fingerprint density at radius 3 is 2.80 bits per heavy atom. The average molecular weight is 205 g/mol. The number of nitrogens with zero attached hydrogens (tertiary/aromatic N) is 1. The summed E-state index contributed by atoms with van der Waals surface area (Å²) in [6.45, 7) is 6.24. The molecule has 1 atom stereocenters. The normalized spacial score (nSPS) is 12.5. The molecular formula is C13H19NO. The van der Waals surface area contributed by atoms with Crippen LogP contribution in [-0.4, -0.2) is 10.8 Å². The molecule has 0 bridgehead atoms. The van der Waals surface area contributed by atoms with Gasteiger partial charge in [0.05, 0.1) is 0 Å². The van der Waals surface area contributed by atoms with Crippen LogP contribution in [0.15, 0.2) is 18.5 Å². The second kappa shape index (κ2) is 5.64. The van der Waals surface area contributed by atoms with Crippen molar-refractivity contribution in [1.82, 2.24) is 4.98 Å². The highest BCUT2D eigenvalue weighted by molar-refractivity contribution is 5.96. The lowest BCUT2D eigenvalue weighted by molar-refractivity contribution is 0.0962. The Labute approximate surface area is 91.7 Å². The molecule has 2 nitrogen and oxygen atoms in total. The van der Waals surface area contributed by atoms with E-state index in [1.54, 1.807) is 12.4 Å². The SMILES string of the molecule is CCCC(C)CC(=O)c1cncc(C)c1. The molecule has 82 valence electrons. The topological polar surface area (TPSA) is 30.0 Å². The zero-order chi connectivity index (χ0) is 11.3. The Morgan fingerprint density at radius 2 is 2.20 bits per heavy atom. The van der Waals surface area contributed by atoms with Gasteiger partial charge in [0.15, 0.2) is 5.78 Å². The third-order valence-corrected chi connectivity index (χ3v) is 2.51. The molecule has 0 N–H and O–H groups in total. The number of hydrogen-bond acceptors (Lipinski definition) is 2. The molecule has 1 heterocycles. The Hall–Kier alpha value is -1.18. The van der Waals surface area contributed by atoms with Crippen molar-refractivity contribution in [3.8, 4) is 0 Å². The largest absolute Gasteiger partial charge is 0.294 e. The Bertz CT molecular complexity index is 333. The van der Waals surface area contributed by atoms with Gasteiger partial charge in [0.25, 0.3) is 0 Å². The standard InChI is InChI=1S/C13H19NO/c1-4-5-10(2)7-13(15)12-6-11(3)8-14-9-12/h6,8-10H,4-5,7H2,1-3H3. The van der Waals surface area contributed by atoms with Gasteiger partial charge in [0, 0.05) is 24.4 Å². The molecule has 0 aromatic carbocycles. The lowest BCUT2D eigenvalue weighted by Crippen LogP contribution is -2.06. The lowest BCUT2D eigenvalue weighted by Gasteiger charge is -2.08. The van der Waals surface area contributed by atoms with Gasteiger partial charge in [-0.1, -0.05) is 26.7 Å². The summed E-state index contributed by atoms with van der Waals surface area (Å²) in [7, 11) is 0. The van der Waals surface area contributed by atoms with Crippen LogP contribution in [0.2, 0.25) is 0 Å². The Kier molecular flexibility index (Phi) is 4.47. The van der Waals surface area contributed by atoms with Crippen LogP contribution in [-0.2, 0) is 0 Å². The monoisotopic (exact) mass is 205 g/mol. The van der Waals surface area contributed by atoms with E-state index in [0.29, 0.717) is 12.3 Å². The van der Waals surface area contributed by atoms with Gasteiger partial charge in [-0.05, 0) is 24.5 Å². The maximum atomic E-state index is 11.8. The molecule has 0 saturated heterocycles. The molecule has 0 amide bonds. The second-order valence-corrected chi connectivity index (χ2v) is 4.27. The first kappa shape index (κ1) is 11.9. The fourth-order valence-electron chi connectivity index (χ4n) is 1.74. The number of aromatic nitrogens is 1. The number of carbonyl (C=O) groups excluding carboxylic acids is 1. The van der Waals surface area contributed by atoms with Crippen molar-refractivity contribution >= 4 is 5.78 Å². The van der Waals surface area contributed by atoms with E-state index in [2.05, 4.69) is 18.8 Å². The molecule has 0 aliphatic rings. The van der Waals surface area contributed by atoms with Crippen LogP contribution in [0.5, 0.6) is 0 Å². The van der Waals surface area contributed by atoms with Crippen LogP contribution in [0.4, 0.5) is 0 Å². The fraction of sp³-hybridized carbons (Fsp3) is 0.538. The highest BCUT2D eigenvalue weighted by atomic mass is 16.1. The maximum Gasteiger partial charge on any atom is 0.164 e. The van der Waals surface area contributed by atoms with E-state index in [4.69, 9.17) is 0 Å². The first-order valence-corrected chi connectivity index (χ1v) is 5.58. The molecule has 2 heteroatoms. The number of rotatable bonds is 5. The van der Waals surface area contributed by atoms with E-state index in [9.17, 15) is 4.79 Å². The highest BCUT2D eigenvalue weighted by Crippen LogP contribution is 2.14. The molecule has 1 aromatic heterocycles. The van der Waals surface area contributed by atoms with Crippen LogP contribution in [0.1, 0.15) is 49.0 Å². The highest BCUT2D eigenvalue weighted by Gasteiger charge is 2.10. The number of ketones is 1. The number of Topliss-reactive ketones (excluding diaryl/α,β-unsaturated/α-hetero) is 1. The van der Waals surface area contributed by atoms with Gasteiger partial charge >= 0.3 is 0 Å². The molecule has 1 unspecified atom stereocenters. The average Bonchev–Trinajstić information content (AvgIpc) is 2.18. The molecule has 1 aromatic rings. The predicted molar refractivity (Wildman–Crippen MR) is 62.0 cm³/mol. The summed E-state index contributed by atoms with van der Waals surface area (Å²) in [5, 5.41) is 0. The van der Waals surface area contributed by atoms with Crippen molar-refractivity contribution in [3.05, 3.63) is 29.6 Å². The van der Waals surface area contributed by atoms with Crippen molar-refractivity contribution in [2.24, 2.45) is 5.92 Å². The summed E-state index contributed by atoms with van der Waals surface area (Å²) in [4.78, 5) is 15.9. The minimum absolute atomic E-state index is 0.215. The molecule has 0 spiro atoms. The van der Waals surface area contributed by atoms with Crippen molar-refractivity contribution < 1.29 is 4.79 Å². The quantitative estimate of drug-likeness (QED) is 0.689. The number of hydrogen-bond donors (Lipinski definition) is 0. The van der Waals surface area contributed by atoms with Crippen molar-refractivity contribution in [1.29, 1.82) is 0 Å². The number of carbonyl (C=O) groups is 1. The smallest absolute Gasteiger partial charge is 0.164 e. The van der Waals surface area contributed by atoms with E-state index in [1.807, 2.05) is 13.0 Å². The number of aryl methyl sites for hydroxylation is 1. The molecule has 1 rings (SSSR count). The molecular weight excluding hydrogens is 186 g/mol. The summed E-state index contributed by atoms with van der Waals surface area (Å²) in [6.07, 6.45) is 6.32. The fourth-order valence-corrected chi connectivity index (χ4v) is 1.74. The van der Waals surface area contributed by atoms with Gasteiger partial charge in [0.1, 0.15) is 0 Å². The molecule has 0 aliphatic carbocycles. The van der Waals surface area contributed by atoms with E-state index in [1.165, 1.54) is 0 Å². The summed E-state index contributed by atoms with van der Waals surface area (Å²) in [6, 6.07) is 1.91. The van der Waals surface area contributed by atoms with Gasteiger partial charge in [-0.25, -0.2) is 0 Å². The summed E-state index contributed by atoms with van der Waals surface area (Å²) >= 11 is 0. The van der Waals surface area contributed by atoms with Crippen LogP contribution in [0, 0.1) is 12.8 Å². The van der Waals surface area contributed by atoms with E-state index < -0.39 is 0 Å². The van der Waals surface area contributed by atoms with Crippen molar-refractivity contribution in [3.63, 3.8) is 0 Å². The first-order chi connectivity index (χ1) is 7.13. The van der Waals surface area contributed by atoms with Crippen molar-refractivity contribution in [2.75, 3.05) is 0 Å². The zero-order valence-electron chi connectivity index (χ0n) is 9.79. The third kappa shape index (κ3) is 3.82. The molecule has 0 saturated carbocycles. The van der Waals surface area contributed by atoms with E-state index in [-0.39, 0.29) is 5.78 Å². The molecule has 0 radical (unpaired) electrons. The minimum Gasteiger partial charge on any atom is -0.294 e. The van der Waals surface area contributed by atoms with Crippen LogP contribution < -0.4 is 0 Å². The molecule has 0 fully saturated rings. The van der Waals surface area contributed by atoms with Crippen LogP contribution in [0.3, 0.4) is 0 Å². The molecule has 15 heavy (non-hydrogen) atoms. The Balaban J connectivity index is 2.61. The molecule has 0 aliphatic heterocycles. The second-order valence-electron chi connectivity index (χ2n) is 4.27. The van der Waals surface area contributed by atoms with E-state index in [0.717, 1.165) is 24.0 Å². The number of pyridine rings is 1. The van der Waals surface area contributed by atoms with Gasteiger partial charge in [-0.2, -0.15) is 0 Å². The van der Waals surface area contributed by atoms with Crippen LogP contribution in [0.25, 0.3) is 0 Å². The van der Waals surface area contributed by atoms with Gasteiger partial charge in [-0.15, -0.1) is 0 Å². The summed E-state index contributed by atoms with van der Waals surface area (Å²) in [5.41, 5.74) is 1.79. The lowest BCUT2D eigenvalue weighted by atomic mass is 9.96. The van der Waals surface area contributed by atoms with E-state index >= 15 is 0 Å². The first-order valence-electron chi connectivity index (χ1n) is 5.58.